The Labute approximate surface area is 106 Å². The summed E-state index contributed by atoms with van der Waals surface area (Å²) < 4.78 is 0. The number of hydrogen-bond donors (Lipinski definition) is 1. The maximum absolute atomic E-state index is 11.7. The van der Waals surface area contributed by atoms with E-state index < -0.39 is 0 Å². The van der Waals surface area contributed by atoms with Gasteiger partial charge in [0.1, 0.15) is 0 Å². The van der Waals surface area contributed by atoms with Crippen LogP contribution in [0.4, 0.5) is 0 Å². The lowest BCUT2D eigenvalue weighted by Gasteiger charge is -2.23. The van der Waals surface area contributed by atoms with Gasteiger partial charge in [0.05, 0.1) is 6.54 Å². The quantitative estimate of drug-likeness (QED) is 0.460. The Hall–Kier alpha value is -1.75. The SMILES string of the molecule is CC(C)(C)NC(=O)CN1CC(CN=[N+]=[N-])CC1=O. The average Bonchev–Trinajstić information content (AvgIpc) is 2.53. The number of amides is 2. The van der Waals surface area contributed by atoms with E-state index in [-0.39, 0.29) is 29.8 Å². The van der Waals surface area contributed by atoms with Gasteiger partial charge in [0.15, 0.2) is 0 Å². The van der Waals surface area contributed by atoms with Crippen molar-refractivity contribution in [3.8, 4) is 0 Å². The average molecular weight is 253 g/mol. The predicted molar refractivity (Wildman–Crippen MR) is 66.6 cm³/mol. The molecule has 1 unspecified atom stereocenters. The summed E-state index contributed by atoms with van der Waals surface area (Å²) in [5.74, 6) is -0.201. The number of nitrogens with one attached hydrogen (secondary N) is 1. The first-order valence-corrected chi connectivity index (χ1v) is 5.91. The van der Waals surface area contributed by atoms with Crippen LogP contribution in [0.1, 0.15) is 27.2 Å². The summed E-state index contributed by atoms with van der Waals surface area (Å²) in [6, 6.07) is 0. The topological polar surface area (TPSA) is 98.2 Å². The van der Waals surface area contributed by atoms with Crippen molar-refractivity contribution in [1.29, 1.82) is 0 Å². The van der Waals surface area contributed by atoms with E-state index in [4.69, 9.17) is 5.53 Å². The molecule has 0 bridgehead atoms. The maximum atomic E-state index is 11.7. The van der Waals surface area contributed by atoms with E-state index in [1.807, 2.05) is 20.8 Å². The number of nitrogens with zero attached hydrogens (tertiary/aromatic N) is 4. The van der Waals surface area contributed by atoms with Crippen LogP contribution >= 0.6 is 0 Å². The molecular formula is C11H19N5O2. The van der Waals surface area contributed by atoms with Crippen LogP contribution in [0.3, 0.4) is 0 Å². The van der Waals surface area contributed by atoms with Gasteiger partial charge in [-0.25, -0.2) is 0 Å². The maximum Gasteiger partial charge on any atom is 0.240 e. The molecule has 1 N–H and O–H groups in total. The van der Waals surface area contributed by atoms with Crippen molar-refractivity contribution in [2.45, 2.75) is 32.7 Å². The first kappa shape index (κ1) is 14.3. The molecule has 0 aromatic carbocycles. The minimum Gasteiger partial charge on any atom is -0.350 e. The van der Waals surface area contributed by atoms with E-state index in [2.05, 4.69) is 15.3 Å². The second-order valence-corrected chi connectivity index (χ2v) is 5.56. The minimum atomic E-state index is -0.301. The number of carbonyl (C=O) groups is 2. The van der Waals surface area contributed by atoms with Crippen molar-refractivity contribution in [2.75, 3.05) is 19.6 Å². The van der Waals surface area contributed by atoms with Gasteiger partial charge in [-0.15, -0.1) is 0 Å². The van der Waals surface area contributed by atoms with Gasteiger partial charge >= 0.3 is 0 Å². The third kappa shape index (κ3) is 4.63. The van der Waals surface area contributed by atoms with Crippen LogP contribution in [-0.2, 0) is 9.59 Å². The highest BCUT2D eigenvalue weighted by molar-refractivity contribution is 5.86. The van der Waals surface area contributed by atoms with Gasteiger partial charge in [-0.3, -0.25) is 9.59 Å². The molecule has 18 heavy (non-hydrogen) atoms. The van der Waals surface area contributed by atoms with Crippen molar-refractivity contribution in [3.63, 3.8) is 0 Å². The van der Waals surface area contributed by atoms with Crippen molar-refractivity contribution >= 4 is 11.8 Å². The van der Waals surface area contributed by atoms with Gasteiger partial charge in [0.2, 0.25) is 11.8 Å². The molecule has 1 saturated heterocycles. The fraction of sp³-hybridized carbons (Fsp3) is 0.818. The third-order valence-corrected chi connectivity index (χ3v) is 2.55. The fourth-order valence-electron chi connectivity index (χ4n) is 1.91. The molecule has 7 nitrogen and oxygen atoms in total. The fourth-order valence-corrected chi connectivity index (χ4v) is 1.91. The lowest BCUT2D eigenvalue weighted by atomic mass is 10.1. The molecule has 1 aliphatic heterocycles. The predicted octanol–water partition coefficient (Wildman–Crippen LogP) is 1.06. The molecule has 0 radical (unpaired) electrons. The van der Waals surface area contributed by atoms with Gasteiger partial charge < -0.3 is 10.2 Å². The third-order valence-electron chi connectivity index (χ3n) is 2.55. The summed E-state index contributed by atoms with van der Waals surface area (Å²) in [6.45, 7) is 6.53. The Morgan fingerprint density at radius 3 is 2.83 bits per heavy atom. The second-order valence-electron chi connectivity index (χ2n) is 5.56. The van der Waals surface area contributed by atoms with Crippen LogP contribution in [0.5, 0.6) is 0 Å². The van der Waals surface area contributed by atoms with E-state index in [1.54, 1.807) is 0 Å². The van der Waals surface area contributed by atoms with Crippen molar-refractivity contribution in [1.82, 2.24) is 10.2 Å². The number of likely N-dealkylation sites (tertiary alicyclic amines) is 1. The summed E-state index contributed by atoms with van der Waals surface area (Å²) in [5, 5.41) is 6.27. The Bertz CT molecular complexity index is 381. The van der Waals surface area contributed by atoms with Gasteiger partial charge in [-0.1, -0.05) is 5.11 Å². The molecule has 1 heterocycles. The minimum absolute atomic E-state index is 0.0239. The van der Waals surface area contributed by atoms with E-state index in [1.165, 1.54) is 4.90 Å². The summed E-state index contributed by atoms with van der Waals surface area (Å²) >= 11 is 0. The first-order valence-electron chi connectivity index (χ1n) is 5.91. The van der Waals surface area contributed by atoms with Gasteiger partial charge in [-0.05, 0) is 32.2 Å². The molecule has 0 saturated carbocycles. The summed E-state index contributed by atoms with van der Waals surface area (Å²) in [5.41, 5.74) is 7.93. The summed E-state index contributed by atoms with van der Waals surface area (Å²) in [6.07, 6.45) is 0.349. The Balaban J connectivity index is 2.46. The molecule has 1 rings (SSSR count). The molecule has 7 heteroatoms. The number of hydrogen-bond acceptors (Lipinski definition) is 3. The highest BCUT2D eigenvalue weighted by Crippen LogP contribution is 2.17. The second kappa shape index (κ2) is 5.73. The van der Waals surface area contributed by atoms with Crippen molar-refractivity contribution in [2.24, 2.45) is 11.0 Å². The monoisotopic (exact) mass is 253 g/mol. The van der Waals surface area contributed by atoms with Crippen LogP contribution in [0.2, 0.25) is 0 Å². The van der Waals surface area contributed by atoms with Crippen molar-refractivity contribution in [3.05, 3.63) is 10.4 Å². The first-order chi connectivity index (χ1) is 8.31. The summed E-state index contributed by atoms with van der Waals surface area (Å²) in [4.78, 5) is 27.5. The van der Waals surface area contributed by atoms with Crippen LogP contribution in [0, 0.1) is 5.92 Å². The number of carbonyl (C=O) groups excluding carboxylic acids is 2. The molecule has 1 atom stereocenters. The molecule has 0 aliphatic carbocycles. The number of azide groups is 1. The van der Waals surface area contributed by atoms with E-state index in [0.717, 1.165) is 0 Å². The lowest BCUT2D eigenvalue weighted by Crippen LogP contribution is -2.46. The van der Waals surface area contributed by atoms with E-state index >= 15 is 0 Å². The van der Waals surface area contributed by atoms with Crippen LogP contribution < -0.4 is 5.32 Å². The van der Waals surface area contributed by atoms with Crippen LogP contribution in [0.25, 0.3) is 10.4 Å². The molecule has 0 aromatic rings. The van der Waals surface area contributed by atoms with E-state index in [9.17, 15) is 9.59 Å². The van der Waals surface area contributed by atoms with Gasteiger partial charge in [0, 0.05) is 30.0 Å². The molecule has 1 aliphatic rings. The molecule has 1 fully saturated rings. The molecule has 100 valence electrons. The van der Waals surface area contributed by atoms with Crippen LogP contribution in [0.15, 0.2) is 5.11 Å². The Kier molecular flexibility index (Phi) is 4.55. The zero-order valence-corrected chi connectivity index (χ0v) is 11.0. The largest absolute Gasteiger partial charge is 0.350 e. The molecular weight excluding hydrogens is 234 g/mol. The standard InChI is InChI=1S/C11H19N5O2/c1-11(2,3)14-9(17)7-16-6-8(4-10(16)18)5-13-15-12/h8H,4-7H2,1-3H3,(H,14,17). The van der Waals surface area contributed by atoms with Gasteiger partial charge in [0.25, 0.3) is 0 Å². The zero-order valence-electron chi connectivity index (χ0n) is 11.0. The van der Waals surface area contributed by atoms with Gasteiger partial charge in [-0.2, -0.15) is 0 Å². The molecule has 2 amide bonds. The highest BCUT2D eigenvalue weighted by Gasteiger charge is 2.30. The molecule has 0 aromatic heterocycles. The van der Waals surface area contributed by atoms with E-state index in [0.29, 0.717) is 19.5 Å². The highest BCUT2D eigenvalue weighted by atomic mass is 16.2. The zero-order chi connectivity index (χ0) is 13.8. The van der Waals surface area contributed by atoms with Crippen LogP contribution in [-0.4, -0.2) is 41.9 Å². The molecule has 0 spiro atoms. The Morgan fingerprint density at radius 2 is 2.28 bits per heavy atom. The number of rotatable bonds is 4. The smallest absolute Gasteiger partial charge is 0.240 e. The normalized spacial score (nSPS) is 19.6. The Morgan fingerprint density at radius 1 is 1.61 bits per heavy atom. The summed E-state index contributed by atoms with van der Waals surface area (Å²) in [7, 11) is 0. The lowest BCUT2D eigenvalue weighted by molar-refractivity contribution is -0.133. The van der Waals surface area contributed by atoms with Crippen molar-refractivity contribution < 1.29 is 9.59 Å².